The second-order valence-corrected chi connectivity index (χ2v) is 4.33. The normalized spacial score (nSPS) is 30.2. The van der Waals surface area contributed by atoms with E-state index >= 15 is 0 Å². The van der Waals surface area contributed by atoms with E-state index < -0.39 is 0 Å². The first-order chi connectivity index (χ1) is 6.86. The molecule has 74 valence electrons. The third-order valence-corrected chi connectivity index (χ3v) is 3.48. The molecule has 0 aromatic heterocycles. The Bertz CT molecular complexity index is 361. The van der Waals surface area contributed by atoms with Gasteiger partial charge in [-0.3, -0.25) is 0 Å². The van der Waals surface area contributed by atoms with Crippen molar-refractivity contribution in [3.05, 3.63) is 34.7 Å². The molecule has 1 aliphatic heterocycles. The Kier molecular flexibility index (Phi) is 1.77. The van der Waals surface area contributed by atoms with Gasteiger partial charge in [-0.15, -0.1) is 0 Å². The molecule has 3 aliphatic rings. The average Bonchev–Trinajstić information content (AvgIpc) is 2.66. The van der Waals surface area contributed by atoms with Crippen LogP contribution in [0.2, 0.25) is 0 Å². The number of nitrogens with one attached hydrogen (secondary N) is 1. The lowest BCUT2D eigenvalue weighted by molar-refractivity contribution is 0.721. The predicted octanol–water partition coefficient (Wildman–Crippen LogP) is 1.96. The van der Waals surface area contributed by atoms with Crippen LogP contribution in [0.3, 0.4) is 0 Å². The molecule has 0 bridgehead atoms. The predicted molar refractivity (Wildman–Crippen MR) is 57.4 cm³/mol. The van der Waals surface area contributed by atoms with Crippen molar-refractivity contribution in [1.82, 2.24) is 5.32 Å². The Hall–Kier alpha value is -1.02. The molecule has 0 radical (unpaired) electrons. The molecule has 0 amide bonds. The zero-order valence-electron chi connectivity index (χ0n) is 8.34. The summed E-state index contributed by atoms with van der Waals surface area (Å²) in [5.74, 6) is 0. The van der Waals surface area contributed by atoms with Gasteiger partial charge in [0.15, 0.2) is 0 Å². The first kappa shape index (κ1) is 8.30. The number of allylic oxidation sites excluding steroid dienone is 3. The topological polar surface area (TPSA) is 38.0 Å². The summed E-state index contributed by atoms with van der Waals surface area (Å²) in [6, 6.07) is 0.181. The van der Waals surface area contributed by atoms with Crippen molar-refractivity contribution in [3.63, 3.8) is 0 Å². The third-order valence-electron chi connectivity index (χ3n) is 3.48. The summed E-state index contributed by atoms with van der Waals surface area (Å²) in [7, 11) is 0. The fourth-order valence-corrected chi connectivity index (χ4v) is 2.73. The quantitative estimate of drug-likeness (QED) is 0.610. The van der Waals surface area contributed by atoms with Gasteiger partial charge < -0.3 is 11.1 Å². The van der Waals surface area contributed by atoms with Crippen LogP contribution in [0.15, 0.2) is 34.7 Å². The minimum absolute atomic E-state index is 0.181. The van der Waals surface area contributed by atoms with Gasteiger partial charge in [0.25, 0.3) is 0 Å². The SMILES string of the molecule is NC1C2=C(CCC=C2)NC2=C1CCC2. The Morgan fingerprint density at radius 3 is 3.07 bits per heavy atom. The zero-order chi connectivity index (χ0) is 9.54. The fraction of sp³-hybridized carbons (Fsp3) is 0.500. The molecule has 0 aromatic carbocycles. The summed E-state index contributed by atoms with van der Waals surface area (Å²) in [5, 5.41) is 3.58. The van der Waals surface area contributed by atoms with Crippen molar-refractivity contribution in [1.29, 1.82) is 0 Å². The highest BCUT2D eigenvalue weighted by molar-refractivity contribution is 5.46. The van der Waals surface area contributed by atoms with Crippen molar-refractivity contribution in [2.45, 2.75) is 38.1 Å². The Morgan fingerprint density at radius 1 is 1.21 bits per heavy atom. The Balaban J connectivity index is 1.99. The van der Waals surface area contributed by atoms with E-state index in [1.165, 1.54) is 41.8 Å². The molecule has 14 heavy (non-hydrogen) atoms. The number of rotatable bonds is 0. The van der Waals surface area contributed by atoms with Gasteiger partial charge in [-0.25, -0.2) is 0 Å². The van der Waals surface area contributed by atoms with Gasteiger partial charge in [0.1, 0.15) is 0 Å². The molecule has 1 heterocycles. The van der Waals surface area contributed by atoms with Crippen LogP contribution in [0.5, 0.6) is 0 Å². The van der Waals surface area contributed by atoms with Crippen LogP contribution in [-0.4, -0.2) is 6.04 Å². The third kappa shape index (κ3) is 1.07. The molecule has 3 rings (SSSR count). The van der Waals surface area contributed by atoms with Crippen molar-refractivity contribution in [3.8, 4) is 0 Å². The van der Waals surface area contributed by atoms with Crippen LogP contribution in [-0.2, 0) is 0 Å². The summed E-state index contributed by atoms with van der Waals surface area (Å²) < 4.78 is 0. The van der Waals surface area contributed by atoms with Crippen molar-refractivity contribution >= 4 is 0 Å². The Morgan fingerprint density at radius 2 is 2.14 bits per heavy atom. The number of nitrogens with two attached hydrogens (primary N) is 1. The summed E-state index contributed by atoms with van der Waals surface area (Å²) >= 11 is 0. The minimum atomic E-state index is 0.181. The molecule has 3 N–H and O–H groups in total. The summed E-state index contributed by atoms with van der Waals surface area (Å²) in [6.07, 6.45) is 10.4. The van der Waals surface area contributed by atoms with E-state index in [0.717, 1.165) is 12.8 Å². The maximum absolute atomic E-state index is 6.27. The van der Waals surface area contributed by atoms with Crippen molar-refractivity contribution < 1.29 is 0 Å². The lowest BCUT2D eigenvalue weighted by Gasteiger charge is -2.29. The monoisotopic (exact) mass is 188 g/mol. The lowest BCUT2D eigenvalue weighted by atomic mass is 9.89. The molecule has 0 aromatic rings. The van der Waals surface area contributed by atoms with Gasteiger partial charge in [-0.1, -0.05) is 12.2 Å². The molecule has 0 saturated carbocycles. The van der Waals surface area contributed by atoms with Gasteiger partial charge in [0, 0.05) is 11.4 Å². The molecular weight excluding hydrogens is 172 g/mol. The molecule has 0 fully saturated rings. The van der Waals surface area contributed by atoms with Gasteiger partial charge in [-0.05, 0) is 43.3 Å². The first-order valence-electron chi connectivity index (χ1n) is 5.50. The van der Waals surface area contributed by atoms with Crippen LogP contribution in [0, 0.1) is 0 Å². The second-order valence-electron chi connectivity index (χ2n) is 4.33. The summed E-state index contributed by atoms with van der Waals surface area (Å²) in [5.41, 5.74) is 11.9. The van der Waals surface area contributed by atoms with Crippen molar-refractivity contribution in [2.24, 2.45) is 5.73 Å². The molecular formula is C12H16N2. The molecule has 2 aliphatic carbocycles. The average molecular weight is 188 g/mol. The fourth-order valence-electron chi connectivity index (χ4n) is 2.73. The molecule has 1 unspecified atom stereocenters. The van der Waals surface area contributed by atoms with E-state index in [2.05, 4.69) is 17.5 Å². The van der Waals surface area contributed by atoms with Gasteiger partial charge >= 0.3 is 0 Å². The maximum atomic E-state index is 6.27. The molecule has 0 saturated heterocycles. The highest BCUT2D eigenvalue weighted by Gasteiger charge is 2.29. The Labute approximate surface area is 84.6 Å². The zero-order valence-corrected chi connectivity index (χ0v) is 8.34. The first-order valence-corrected chi connectivity index (χ1v) is 5.50. The van der Waals surface area contributed by atoms with E-state index in [-0.39, 0.29) is 6.04 Å². The number of dihydropyridines is 1. The second kappa shape index (κ2) is 2.99. The largest absolute Gasteiger partial charge is 0.362 e. The summed E-state index contributed by atoms with van der Waals surface area (Å²) in [6.45, 7) is 0. The van der Waals surface area contributed by atoms with Gasteiger partial charge in [-0.2, -0.15) is 0 Å². The van der Waals surface area contributed by atoms with Crippen LogP contribution in [0.25, 0.3) is 0 Å². The van der Waals surface area contributed by atoms with E-state index in [9.17, 15) is 0 Å². The smallest absolute Gasteiger partial charge is 0.0547 e. The number of hydrogen-bond acceptors (Lipinski definition) is 2. The van der Waals surface area contributed by atoms with Gasteiger partial charge in [0.2, 0.25) is 0 Å². The van der Waals surface area contributed by atoms with E-state index in [1.807, 2.05) is 0 Å². The van der Waals surface area contributed by atoms with Crippen LogP contribution in [0.1, 0.15) is 32.1 Å². The molecule has 0 spiro atoms. The van der Waals surface area contributed by atoms with Crippen LogP contribution >= 0.6 is 0 Å². The van der Waals surface area contributed by atoms with Crippen LogP contribution in [0.4, 0.5) is 0 Å². The standard InChI is InChI=1S/C12H16N2/c13-12-8-4-1-2-6-10(8)14-11-7-3-5-9(11)12/h1,4,12,14H,2-3,5-7,13H2. The van der Waals surface area contributed by atoms with Crippen molar-refractivity contribution in [2.75, 3.05) is 0 Å². The molecule has 1 atom stereocenters. The minimum Gasteiger partial charge on any atom is -0.362 e. The maximum Gasteiger partial charge on any atom is 0.0547 e. The number of hydrogen-bond donors (Lipinski definition) is 2. The van der Waals surface area contributed by atoms with Crippen LogP contribution < -0.4 is 11.1 Å². The van der Waals surface area contributed by atoms with E-state index in [1.54, 1.807) is 0 Å². The highest BCUT2D eigenvalue weighted by atomic mass is 14.9. The molecule has 2 heteroatoms. The lowest BCUT2D eigenvalue weighted by Crippen LogP contribution is -2.34. The van der Waals surface area contributed by atoms with Gasteiger partial charge in [0.05, 0.1) is 6.04 Å². The van der Waals surface area contributed by atoms with E-state index in [0.29, 0.717) is 0 Å². The molecule has 2 nitrogen and oxygen atoms in total. The van der Waals surface area contributed by atoms with E-state index in [4.69, 9.17) is 5.73 Å². The highest BCUT2D eigenvalue weighted by Crippen LogP contribution is 2.36. The summed E-state index contributed by atoms with van der Waals surface area (Å²) in [4.78, 5) is 0.